The third kappa shape index (κ3) is 3.30. The van der Waals surface area contributed by atoms with Crippen LogP contribution in [0.2, 0.25) is 0 Å². The number of ether oxygens (including phenoxy) is 1. The van der Waals surface area contributed by atoms with E-state index in [4.69, 9.17) is 9.52 Å². The van der Waals surface area contributed by atoms with Gasteiger partial charge in [-0.15, -0.1) is 10.2 Å². The topological polar surface area (TPSA) is 103 Å². The average Bonchev–Trinajstić information content (AvgIpc) is 2.87. The predicted octanol–water partition coefficient (Wildman–Crippen LogP) is 1.14. The van der Waals surface area contributed by atoms with Gasteiger partial charge in [0.05, 0.1) is 13.0 Å². The summed E-state index contributed by atoms with van der Waals surface area (Å²) in [5, 5.41) is 16.6. The highest BCUT2D eigenvalue weighted by molar-refractivity contribution is 5.71. The number of carboxylic acids is 1. The summed E-state index contributed by atoms with van der Waals surface area (Å²) in [6.45, 7) is 0. The van der Waals surface area contributed by atoms with Gasteiger partial charge in [-0.25, -0.2) is 0 Å². The Bertz CT molecular complexity index is 462. The third-order valence-corrected chi connectivity index (χ3v) is 3.43. The highest BCUT2D eigenvalue weighted by Gasteiger charge is 2.29. The summed E-state index contributed by atoms with van der Waals surface area (Å²) in [5.41, 5.74) is 0. The van der Waals surface area contributed by atoms with E-state index >= 15 is 0 Å². The van der Waals surface area contributed by atoms with Gasteiger partial charge >= 0.3 is 11.9 Å². The standard InChI is InChI=1S/C12H16N2O5/c1-18-10(15)6-9-13-14-11(19-9)7-2-4-8(5-3-7)12(16)17/h7-8H,2-6H2,1H3,(H,16,17)/t7-,8-. The molecule has 1 aliphatic rings. The van der Waals surface area contributed by atoms with Crippen LogP contribution in [-0.2, 0) is 20.7 Å². The molecule has 1 N–H and O–H groups in total. The van der Waals surface area contributed by atoms with E-state index in [1.807, 2.05) is 0 Å². The van der Waals surface area contributed by atoms with Crippen LogP contribution >= 0.6 is 0 Å². The zero-order chi connectivity index (χ0) is 13.8. The van der Waals surface area contributed by atoms with Gasteiger partial charge in [-0.1, -0.05) is 0 Å². The maximum absolute atomic E-state index is 11.1. The molecule has 1 aromatic heterocycles. The van der Waals surface area contributed by atoms with Gasteiger partial charge < -0.3 is 14.3 Å². The number of aliphatic carboxylic acids is 1. The van der Waals surface area contributed by atoms with Gasteiger partial charge in [0.15, 0.2) is 0 Å². The monoisotopic (exact) mass is 268 g/mol. The summed E-state index contributed by atoms with van der Waals surface area (Å²) in [6, 6.07) is 0. The third-order valence-electron chi connectivity index (χ3n) is 3.43. The van der Waals surface area contributed by atoms with E-state index in [0.717, 1.165) is 12.8 Å². The highest BCUT2D eigenvalue weighted by atomic mass is 16.5. The second-order valence-corrected chi connectivity index (χ2v) is 4.67. The number of hydrogen-bond donors (Lipinski definition) is 1. The minimum Gasteiger partial charge on any atom is -0.481 e. The van der Waals surface area contributed by atoms with E-state index in [1.54, 1.807) is 0 Å². The summed E-state index contributed by atoms with van der Waals surface area (Å²) >= 11 is 0. The quantitative estimate of drug-likeness (QED) is 0.817. The molecule has 0 saturated heterocycles. The fourth-order valence-electron chi connectivity index (χ4n) is 2.29. The molecule has 7 heteroatoms. The molecule has 0 aromatic carbocycles. The number of rotatable bonds is 4. The maximum Gasteiger partial charge on any atom is 0.315 e. The van der Waals surface area contributed by atoms with E-state index in [9.17, 15) is 9.59 Å². The van der Waals surface area contributed by atoms with Crippen molar-refractivity contribution >= 4 is 11.9 Å². The number of carboxylic acid groups (broad SMARTS) is 1. The molecule has 0 spiro atoms. The Balaban J connectivity index is 1.93. The molecule has 1 aliphatic carbocycles. The van der Waals surface area contributed by atoms with E-state index in [0.29, 0.717) is 18.7 Å². The molecule has 0 radical (unpaired) electrons. The molecule has 1 saturated carbocycles. The first-order chi connectivity index (χ1) is 9.10. The summed E-state index contributed by atoms with van der Waals surface area (Å²) < 4.78 is 9.94. The SMILES string of the molecule is COC(=O)Cc1nnc([C@H]2CC[C@H](C(=O)O)CC2)o1. The summed E-state index contributed by atoms with van der Waals surface area (Å²) in [5.74, 6) is -0.617. The van der Waals surface area contributed by atoms with Crippen molar-refractivity contribution in [1.82, 2.24) is 10.2 Å². The molecule has 0 unspecified atom stereocenters. The molecule has 0 bridgehead atoms. The molecule has 7 nitrogen and oxygen atoms in total. The van der Waals surface area contributed by atoms with Crippen LogP contribution in [-0.4, -0.2) is 34.4 Å². The molecule has 0 amide bonds. The van der Waals surface area contributed by atoms with E-state index in [2.05, 4.69) is 14.9 Å². The number of carbonyl (C=O) groups excluding carboxylic acids is 1. The van der Waals surface area contributed by atoms with Crippen molar-refractivity contribution in [3.8, 4) is 0 Å². The number of methoxy groups -OCH3 is 1. The molecule has 1 heterocycles. The minimum absolute atomic E-state index is 0.0338. The number of carbonyl (C=O) groups is 2. The lowest BCUT2D eigenvalue weighted by Crippen LogP contribution is -2.20. The molecule has 0 atom stereocenters. The first kappa shape index (κ1) is 13.5. The van der Waals surface area contributed by atoms with Crippen LogP contribution in [0, 0.1) is 5.92 Å². The number of esters is 1. The van der Waals surface area contributed by atoms with E-state index in [1.165, 1.54) is 7.11 Å². The number of hydrogen-bond acceptors (Lipinski definition) is 6. The normalized spacial score (nSPS) is 23.0. The van der Waals surface area contributed by atoms with Crippen LogP contribution in [0.3, 0.4) is 0 Å². The van der Waals surface area contributed by atoms with Gasteiger partial charge in [-0.3, -0.25) is 9.59 Å². The van der Waals surface area contributed by atoms with Gasteiger partial charge in [0, 0.05) is 5.92 Å². The predicted molar refractivity (Wildman–Crippen MR) is 62.4 cm³/mol. The van der Waals surface area contributed by atoms with Crippen LogP contribution in [0.15, 0.2) is 4.42 Å². The second kappa shape index (κ2) is 5.81. The van der Waals surface area contributed by atoms with Gasteiger partial charge in [0.1, 0.15) is 6.42 Å². The fourth-order valence-corrected chi connectivity index (χ4v) is 2.29. The van der Waals surface area contributed by atoms with Gasteiger partial charge in [-0.2, -0.15) is 0 Å². The molecule has 1 fully saturated rings. The molecule has 1 aromatic rings. The zero-order valence-corrected chi connectivity index (χ0v) is 10.7. The van der Waals surface area contributed by atoms with E-state index < -0.39 is 11.9 Å². The molecule has 2 rings (SSSR count). The fraction of sp³-hybridized carbons (Fsp3) is 0.667. The zero-order valence-electron chi connectivity index (χ0n) is 10.7. The Morgan fingerprint density at radius 1 is 1.32 bits per heavy atom. The molecule has 19 heavy (non-hydrogen) atoms. The Kier molecular flexibility index (Phi) is 4.13. The Morgan fingerprint density at radius 3 is 2.58 bits per heavy atom. The smallest absolute Gasteiger partial charge is 0.315 e. The molecule has 0 aliphatic heterocycles. The lowest BCUT2D eigenvalue weighted by molar-refractivity contribution is -0.143. The van der Waals surface area contributed by atoms with Crippen molar-refractivity contribution in [1.29, 1.82) is 0 Å². The summed E-state index contributed by atoms with van der Waals surface area (Å²) in [6.07, 6.45) is 2.64. The largest absolute Gasteiger partial charge is 0.481 e. The average molecular weight is 268 g/mol. The van der Waals surface area contributed by atoms with Crippen molar-refractivity contribution < 1.29 is 23.8 Å². The lowest BCUT2D eigenvalue weighted by Gasteiger charge is -2.23. The van der Waals surface area contributed by atoms with Crippen LogP contribution in [0.5, 0.6) is 0 Å². The van der Waals surface area contributed by atoms with Gasteiger partial charge in [0.25, 0.3) is 0 Å². The summed E-state index contributed by atoms with van der Waals surface area (Å²) in [4.78, 5) is 21.9. The Hall–Kier alpha value is -1.92. The minimum atomic E-state index is -0.740. The lowest BCUT2D eigenvalue weighted by atomic mass is 9.82. The molecule has 104 valence electrons. The molecular weight excluding hydrogens is 252 g/mol. The maximum atomic E-state index is 11.1. The van der Waals surface area contributed by atoms with Crippen molar-refractivity contribution in [2.45, 2.75) is 38.0 Å². The van der Waals surface area contributed by atoms with E-state index in [-0.39, 0.29) is 24.1 Å². The first-order valence-electron chi connectivity index (χ1n) is 6.22. The van der Waals surface area contributed by atoms with Crippen LogP contribution < -0.4 is 0 Å². The molecular formula is C12H16N2O5. The van der Waals surface area contributed by atoms with Gasteiger partial charge in [-0.05, 0) is 25.7 Å². The van der Waals surface area contributed by atoms with Gasteiger partial charge in [0.2, 0.25) is 11.8 Å². The van der Waals surface area contributed by atoms with Crippen molar-refractivity contribution in [2.24, 2.45) is 5.92 Å². The van der Waals surface area contributed by atoms with Crippen LogP contribution in [0.1, 0.15) is 43.4 Å². The van der Waals surface area contributed by atoms with Crippen molar-refractivity contribution in [2.75, 3.05) is 7.11 Å². The first-order valence-corrected chi connectivity index (χ1v) is 6.22. The number of aromatic nitrogens is 2. The van der Waals surface area contributed by atoms with Crippen molar-refractivity contribution in [3.05, 3.63) is 11.8 Å². The second-order valence-electron chi connectivity index (χ2n) is 4.67. The van der Waals surface area contributed by atoms with Crippen LogP contribution in [0.4, 0.5) is 0 Å². The van der Waals surface area contributed by atoms with Crippen LogP contribution in [0.25, 0.3) is 0 Å². The summed E-state index contributed by atoms with van der Waals surface area (Å²) in [7, 11) is 1.30. The number of nitrogens with zero attached hydrogens (tertiary/aromatic N) is 2. The Labute approximate surface area is 110 Å². The highest BCUT2D eigenvalue weighted by Crippen LogP contribution is 2.35. The Morgan fingerprint density at radius 2 is 2.00 bits per heavy atom. The van der Waals surface area contributed by atoms with Crippen molar-refractivity contribution in [3.63, 3.8) is 0 Å².